The lowest BCUT2D eigenvalue weighted by Crippen LogP contribution is -2.46. The number of amides is 1. The number of unbranched alkanes of at least 4 members (excludes halogenated alkanes) is 1. The number of phenolic OH excluding ortho intramolecular Hbond substituents is 1. The zero-order valence-corrected chi connectivity index (χ0v) is 24.2. The molecule has 0 radical (unpaired) electrons. The Bertz CT molecular complexity index is 1380. The summed E-state index contributed by atoms with van der Waals surface area (Å²) < 4.78 is 11.4. The predicted molar refractivity (Wildman–Crippen MR) is 160 cm³/mol. The molecule has 3 aromatic rings. The second-order valence-corrected chi connectivity index (χ2v) is 11.0. The van der Waals surface area contributed by atoms with Crippen LogP contribution in [0.15, 0.2) is 60.7 Å². The summed E-state index contributed by atoms with van der Waals surface area (Å²) in [6.07, 6.45) is 2.91. The molecule has 0 unspecified atom stereocenters. The molecular weight excluding hydrogens is 565 g/mol. The summed E-state index contributed by atoms with van der Waals surface area (Å²) in [5.41, 5.74) is 3.01. The molecule has 1 fully saturated rings. The molecule has 41 heavy (non-hydrogen) atoms. The van der Waals surface area contributed by atoms with E-state index in [1.807, 2.05) is 36.4 Å². The van der Waals surface area contributed by atoms with Gasteiger partial charge in [0, 0.05) is 38.7 Å². The molecule has 3 aromatic carbocycles. The van der Waals surface area contributed by atoms with Crippen molar-refractivity contribution in [1.29, 1.82) is 0 Å². The zero-order valence-electron chi connectivity index (χ0n) is 22.7. The average molecular weight is 599 g/mol. The molecular formula is C31H33Cl2N3O5. The van der Waals surface area contributed by atoms with Crippen LogP contribution in [0.3, 0.4) is 0 Å². The van der Waals surface area contributed by atoms with Crippen LogP contribution in [0.5, 0.6) is 11.5 Å². The van der Waals surface area contributed by atoms with E-state index < -0.39 is 5.97 Å². The number of esters is 1. The Balaban J connectivity index is 1.07. The van der Waals surface area contributed by atoms with Crippen LogP contribution in [-0.4, -0.2) is 67.9 Å². The van der Waals surface area contributed by atoms with E-state index >= 15 is 0 Å². The first-order valence-corrected chi connectivity index (χ1v) is 14.6. The summed E-state index contributed by atoms with van der Waals surface area (Å²) in [6.45, 7) is 5.13. The number of hydrogen-bond acceptors (Lipinski definition) is 7. The Morgan fingerprint density at radius 3 is 2.46 bits per heavy atom. The minimum absolute atomic E-state index is 0.0627. The summed E-state index contributed by atoms with van der Waals surface area (Å²) in [5, 5.41) is 10.6. The van der Waals surface area contributed by atoms with Gasteiger partial charge in [0.05, 0.1) is 33.6 Å². The minimum atomic E-state index is -0.563. The van der Waals surface area contributed by atoms with E-state index in [1.165, 1.54) is 29.2 Å². The number of hydrogen-bond donors (Lipinski definition) is 1. The Kier molecular flexibility index (Phi) is 9.54. The topological polar surface area (TPSA) is 82.6 Å². The number of ether oxygens (including phenoxy) is 2. The molecule has 216 valence electrons. The van der Waals surface area contributed by atoms with Crippen LogP contribution in [0.2, 0.25) is 10.0 Å². The van der Waals surface area contributed by atoms with E-state index in [9.17, 15) is 14.7 Å². The van der Waals surface area contributed by atoms with Gasteiger partial charge in [-0.1, -0.05) is 35.3 Å². The minimum Gasteiger partial charge on any atom is -0.508 e. The first-order chi connectivity index (χ1) is 19.9. The lowest BCUT2D eigenvalue weighted by Gasteiger charge is -2.36. The number of nitrogens with zero attached hydrogens (tertiary/aromatic N) is 3. The molecule has 1 saturated heterocycles. The van der Waals surface area contributed by atoms with Crippen molar-refractivity contribution in [3.63, 3.8) is 0 Å². The van der Waals surface area contributed by atoms with Crippen molar-refractivity contribution in [3.8, 4) is 11.5 Å². The highest BCUT2D eigenvalue weighted by Gasteiger charge is 2.26. The van der Waals surface area contributed by atoms with Crippen molar-refractivity contribution in [2.75, 3.05) is 55.9 Å². The third-order valence-corrected chi connectivity index (χ3v) is 8.28. The van der Waals surface area contributed by atoms with Crippen molar-refractivity contribution in [3.05, 3.63) is 81.8 Å². The monoisotopic (exact) mass is 597 g/mol. The fraction of sp³-hybridized carbons (Fsp3) is 0.355. The molecule has 0 aromatic heterocycles. The fourth-order valence-electron chi connectivity index (χ4n) is 5.13. The van der Waals surface area contributed by atoms with E-state index in [0.29, 0.717) is 46.5 Å². The molecule has 0 bridgehead atoms. The Labute approximate surface area is 250 Å². The molecule has 2 aliphatic heterocycles. The van der Waals surface area contributed by atoms with E-state index in [0.717, 1.165) is 56.8 Å². The van der Waals surface area contributed by atoms with Gasteiger partial charge in [0.25, 0.3) is 0 Å². The molecule has 0 spiro atoms. The molecule has 1 N–H and O–H groups in total. The number of anilines is 2. The molecule has 10 heteroatoms. The SMILES string of the molecule is O=C(OCN1C(=O)CCc2ccc(OCCCCN3CCN(c4cccc(Cl)c4Cl)CC3)cc21)c1ccc(O)cc1. The van der Waals surface area contributed by atoms with Crippen molar-refractivity contribution < 1.29 is 24.2 Å². The van der Waals surface area contributed by atoms with Gasteiger partial charge >= 0.3 is 5.97 Å². The lowest BCUT2D eigenvalue weighted by molar-refractivity contribution is -0.119. The van der Waals surface area contributed by atoms with Gasteiger partial charge in [0.1, 0.15) is 11.5 Å². The van der Waals surface area contributed by atoms with Crippen LogP contribution < -0.4 is 14.5 Å². The first kappa shape index (κ1) is 29.0. The number of carbonyl (C=O) groups excluding carboxylic acids is 2. The highest BCUT2D eigenvalue weighted by molar-refractivity contribution is 6.43. The van der Waals surface area contributed by atoms with Gasteiger partial charge in [-0.3, -0.25) is 14.6 Å². The Morgan fingerprint density at radius 1 is 0.902 bits per heavy atom. The second kappa shape index (κ2) is 13.5. The van der Waals surface area contributed by atoms with Crippen molar-refractivity contribution in [2.45, 2.75) is 25.7 Å². The maximum absolute atomic E-state index is 12.7. The van der Waals surface area contributed by atoms with E-state index in [-0.39, 0.29) is 18.4 Å². The highest BCUT2D eigenvalue weighted by Crippen LogP contribution is 2.33. The van der Waals surface area contributed by atoms with Gasteiger partial charge in [-0.2, -0.15) is 0 Å². The van der Waals surface area contributed by atoms with Gasteiger partial charge in [-0.05, 0) is 73.8 Å². The number of halogens is 2. The van der Waals surface area contributed by atoms with E-state index in [4.69, 9.17) is 32.7 Å². The largest absolute Gasteiger partial charge is 0.508 e. The van der Waals surface area contributed by atoms with E-state index in [2.05, 4.69) is 9.80 Å². The van der Waals surface area contributed by atoms with Gasteiger partial charge < -0.3 is 19.5 Å². The second-order valence-electron chi connectivity index (χ2n) is 10.2. The number of aryl methyl sites for hydroxylation is 1. The summed E-state index contributed by atoms with van der Waals surface area (Å²) in [4.78, 5) is 31.3. The fourth-order valence-corrected chi connectivity index (χ4v) is 5.54. The lowest BCUT2D eigenvalue weighted by atomic mass is 10.0. The van der Waals surface area contributed by atoms with Crippen molar-refractivity contribution in [1.82, 2.24) is 4.90 Å². The quantitative estimate of drug-likeness (QED) is 0.234. The van der Waals surface area contributed by atoms with Gasteiger partial charge in [-0.15, -0.1) is 0 Å². The summed E-state index contributed by atoms with van der Waals surface area (Å²) in [5.74, 6) is 0.0750. The summed E-state index contributed by atoms with van der Waals surface area (Å²) in [7, 11) is 0. The molecule has 0 aliphatic carbocycles. The molecule has 0 atom stereocenters. The molecule has 2 aliphatic rings. The molecule has 5 rings (SSSR count). The van der Waals surface area contributed by atoms with Crippen LogP contribution in [0, 0.1) is 0 Å². The van der Waals surface area contributed by atoms with Gasteiger partial charge in [0.2, 0.25) is 5.91 Å². The highest BCUT2D eigenvalue weighted by atomic mass is 35.5. The number of benzene rings is 3. The van der Waals surface area contributed by atoms with Crippen LogP contribution in [0.4, 0.5) is 11.4 Å². The van der Waals surface area contributed by atoms with Crippen LogP contribution in [0.25, 0.3) is 0 Å². The number of rotatable bonds is 10. The summed E-state index contributed by atoms with van der Waals surface area (Å²) in [6, 6.07) is 17.3. The van der Waals surface area contributed by atoms with Crippen molar-refractivity contribution >= 4 is 46.5 Å². The molecule has 1 amide bonds. The average Bonchev–Trinajstić information content (AvgIpc) is 2.98. The van der Waals surface area contributed by atoms with E-state index in [1.54, 1.807) is 0 Å². The van der Waals surface area contributed by atoms with Crippen molar-refractivity contribution in [2.24, 2.45) is 0 Å². The standard InChI is InChI=1S/C31H33Cl2N3O5/c32-26-4-3-5-27(30(26)33)35-17-15-34(16-18-35)14-1-2-19-40-25-12-8-22-9-13-29(38)36(28(22)20-25)21-41-31(39)23-6-10-24(37)11-7-23/h3-8,10-12,20,37H,1-2,9,13-19,21H2. The molecule has 0 saturated carbocycles. The third kappa shape index (κ3) is 7.25. The normalized spacial score (nSPS) is 15.5. The summed E-state index contributed by atoms with van der Waals surface area (Å²) >= 11 is 12.6. The zero-order chi connectivity index (χ0) is 28.8. The maximum Gasteiger partial charge on any atom is 0.339 e. The third-order valence-electron chi connectivity index (χ3n) is 7.47. The maximum atomic E-state index is 12.7. The van der Waals surface area contributed by atoms with Crippen LogP contribution >= 0.6 is 23.2 Å². The van der Waals surface area contributed by atoms with Crippen LogP contribution in [-0.2, 0) is 16.0 Å². The first-order valence-electron chi connectivity index (χ1n) is 13.8. The number of phenols is 1. The van der Waals surface area contributed by atoms with Gasteiger partial charge in [0.15, 0.2) is 6.73 Å². The predicted octanol–water partition coefficient (Wildman–Crippen LogP) is 5.77. The van der Waals surface area contributed by atoms with Crippen LogP contribution in [0.1, 0.15) is 35.2 Å². The smallest absolute Gasteiger partial charge is 0.339 e. The number of aromatic hydroxyl groups is 1. The molecule has 8 nitrogen and oxygen atoms in total. The Morgan fingerprint density at radius 2 is 1.68 bits per heavy atom. The number of fused-ring (bicyclic) bond motifs is 1. The number of carbonyl (C=O) groups is 2. The Hall–Kier alpha value is -3.46. The molecule has 2 heterocycles. The van der Waals surface area contributed by atoms with Gasteiger partial charge in [-0.25, -0.2) is 4.79 Å². The number of piperazine rings is 1.